The highest BCUT2D eigenvalue weighted by atomic mass is 32.2. The quantitative estimate of drug-likeness (QED) is 0.784. The number of para-hydroxylation sites is 1. The maximum atomic E-state index is 12.3. The van der Waals surface area contributed by atoms with Crippen LogP contribution < -0.4 is 13.7 Å². The lowest BCUT2D eigenvalue weighted by Crippen LogP contribution is -2.05. The van der Waals surface area contributed by atoms with E-state index in [1.807, 2.05) is 19.1 Å². The van der Waals surface area contributed by atoms with Gasteiger partial charge in [-0.1, -0.05) is 19.1 Å². The second kappa shape index (κ2) is 7.69. The molecule has 0 radical (unpaired) electrons. The predicted octanol–water partition coefficient (Wildman–Crippen LogP) is 3.59. The van der Waals surface area contributed by atoms with Gasteiger partial charge >= 0.3 is 0 Å². The van der Waals surface area contributed by atoms with E-state index < -0.39 is 11.1 Å². The molecule has 0 N–H and O–H groups in total. The Morgan fingerprint density at radius 1 is 1.00 bits per heavy atom. The molecule has 2 aromatic carbocycles. The molecule has 5 heteroatoms. The standard InChI is InChI=1S/C16H18O4S/c1-3-12-19-15-6-4-5-7-16(15)21(17)20-14-10-8-13(18-2)9-11-14/h4-11H,3,12H2,1-2H3. The predicted molar refractivity (Wildman–Crippen MR) is 82.3 cm³/mol. The molecule has 0 saturated carbocycles. The van der Waals surface area contributed by atoms with Crippen molar-refractivity contribution in [1.82, 2.24) is 0 Å². The minimum absolute atomic E-state index is 0.513. The summed E-state index contributed by atoms with van der Waals surface area (Å²) >= 11 is -1.62. The first-order valence-electron chi connectivity index (χ1n) is 6.70. The van der Waals surface area contributed by atoms with Gasteiger partial charge in [0.15, 0.2) is 0 Å². The maximum absolute atomic E-state index is 12.3. The number of benzene rings is 2. The fourth-order valence-electron chi connectivity index (χ4n) is 1.68. The summed E-state index contributed by atoms with van der Waals surface area (Å²) in [4.78, 5) is 0.529. The molecule has 0 heterocycles. The van der Waals surface area contributed by atoms with Gasteiger partial charge in [0.25, 0.3) is 0 Å². The van der Waals surface area contributed by atoms with Crippen LogP contribution in [-0.2, 0) is 11.1 Å². The molecule has 0 aliphatic rings. The average Bonchev–Trinajstić information content (AvgIpc) is 2.54. The van der Waals surface area contributed by atoms with Crippen LogP contribution in [0.1, 0.15) is 13.3 Å². The summed E-state index contributed by atoms with van der Waals surface area (Å²) in [5, 5.41) is 0. The smallest absolute Gasteiger partial charge is 0.244 e. The third-order valence-electron chi connectivity index (χ3n) is 2.72. The van der Waals surface area contributed by atoms with E-state index in [0.29, 0.717) is 23.0 Å². The van der Waals surface area contributed by atoms with Crippen LogP contribution in [0.5, 0.6) is 17.2 Å². The normalized spacial score (nSPS) is 11.7. The first-order valence-corrected chi connectivity index (χ1v) is 7.78. The Morgan fingerprint density at radius 3 is 2.33 bits per heavy atom. The molecule has 2 rings (SSSR count). The topological polar surface area (TPSA) is 44.8 Å². The molecular formula is C16H18O4S. The Hall–Kier alpha value is -2.01. The third-order valence-corrected chi connectivity index (χ3v) is 3.76. The van der Waals surface area contributed by atoms with E-state index in [1.54, 1.807) is 43.5 Å². The second-order valence-electron chi connectivity index (χ2n) is 4.29. The number of ether oxygens (including phenoxy) is 2. The van der Waals surface area contributed by atoms with Crippen LogP contribution in [0, 0.1) is 0 Å². The Morgan fingerprint density at radius 2 is 1.67 bits per heavy atom. The lowest BCUT2D eigenvalue weighted by molar-refractivity contribution is 0.309. The SMILES string of the molecule is CCCOc1ccccc1S(=O)Oc1ccc(OC)cc1. The second-order valence-corrected chi connectivity index (χ2v) is 5.36. The zero-order chi connectivity index (χ0) is 15.1. The van der Waals surface area contributed by atoms with Crippen molar-refractivity contribution in [2.24, 2.45) is 0 Å². The van der Waals surface area contributed by atoms with Crippen LogP contribution in [0.4, 0.5) is 0 Å². The molecule has 21 heavy (non-hydrogen) atoms. The minimum atomic E-state index is -1.62. The zero-order valence-electron chi connectivity index (χ0n) is 12.1. The molecule has 0 aliphatic carbocycles. The fraction of sp³-hybridized carbons (Fsp3) is 0.250. The lowest BCUT2D eigenvalue weighted by atomic mass is 10.3. The maximum Gasteiger partial charge on any atom is 0.244 e. The molecule has 0 bridgehead atoms. The molecule has 0 amide bonds. The summed E-state index contributed by atoms with van der Waals surface area (Å²) in [5.74, 6) is 1.82. The van der Waals surface area contributed by atoms with Crippen molar-refractivity contribution in [3.05, 3.63) is 48.5 Å². The Bertz CT molecular complexity index is 595. The summed E-state index contributed by atoms with van der Waals surface area (Å²) in [6.07, 6.45) is 0.889. The zero-order valence-corrected chi connectivity index (χ0v) is 12.9. The van der Waals surface area contributed by atoms with Crippen molar-refractivity contribution >= 4 is 11.1 Å². The highest BCUT2D eigenvalue weighted by Gasteiger charge is 2.13. The van der Waals surface area contributed by atoms with Crippen LogP contribution in [0.25, 0.3) is 0 Å². The Labute approximate surface area is 127 Å². The summed E-state index contributed by atoms with van der Waals surface area (Å²) in [5.41, 5.74) is 0. The van der Waals surface area contributed by atoms with Gasteiger partial charge in [0.05, 0.1) is 13.7 Å². The summed E-state index contributed by atoms with van der Waals surface area (Å²) in [7, 11) is 1.59. The van der Waals surface area contributed by atoms with E-state index in [9.17, 15) is 4.21 Å². The van der Waals surface area contributed by atoms with Crippen molar-refractivity contribution < 1.29 is 17.9 Å². The lowest BCUT2D eigenvalue weighted by Gasteiger charge is -2.11. The van der Waals surface area contributed by atoms with Crippen molar-refractivity contribution in [1.29, 1.82) is 0 Å². The molecule has 1 atom stereocenters. The van der Waals surface area contributed by atoms with Crippen LogP contribution in [0.3, 0.4) is 0 Å². The Kier molecular flexibility index (Phi) is 5.63. The van der Waals surface area contributed by atoms with Gasteiger partial charge in [0.2, 0.25) is 11.1 Å². The van der Waals surface area contributed by atoms with E-state index >= 15 is 0 Å². The van der Waals surface area contributed by atoms with E-state index in [1.165, 1.54) is 0 Å². The molecule has 2 aromatic rings. The van der Waals surface area contributed by atoms with Gasteiger partial charge in [-0.3, -0.25) is 0 Å². The van der Waals surface area contributed by atoms with E-state index in [4.69, 9.17) is 13.7 Å². The number of methoxy groups -OCH3 is 1. The number of hydrogen-bond acceptors (Lipinski definition) is 4. The molecule has 0 aromatic heterocycles. The Balaban J connectivity index is 2.12. The summed E-state index contributed by atoms with van der Waals surface area (Å²) in [6.45, 7) is 2.60. The summed E-state index contributed by atoms with van der Waals surface area (Å²) in [6, 6.07) is 14.1. The largest absolute Gasteiger partial charge is 0.497 e. The van der Waals surface area contributed by atoms with E-state index in [0.717, 1.165) is 12.2 Å². The van der Waals surface area contributed by atoms with Gasteiger partial charge < -0.3 is 13.7 Å². The number of hydrogen-bond donors (Lipinski definition) is 0. The van der Waals surface area contributed by atoms with Crippen LogP contribution in [0.15, 0.2) is 53.4 Å². The van der Waals surface area contributed by atoms with Crippen molar-refractivity contribution in [2.45, 2.75) is 18.2 Å². The molecule has 0 spiro atoms. The first kappa shape index (κ1) is 15.4. The van der Waals surface area contributed by atoms with Gasteiger partial charge in [0, 0.05) is 0 Å². The van der Waals surface area contributed by atoms with Crippen LogP contribution in [0.2, 0.25) is 0 Å². The van der Waals surface area contributed by atoms with Crippen molar-refractivity contribution in [2.75, 3.05) is 13.7 Å². The number of rotatable bonds is 7. The van der Waals surface area contributed by atoms with Gasteiger partial charge in [0.1, 0.15) is 22.1 Å². The molecule has 0 aliphatic heterocycles. The van der Waals surface area contributed by atoms with Crippen molar-refractivity contribution in [3.8, 4) is 17.2 Å². The summed E-state index contributed by atoms with van der Waals surface area (Å²) < 4.78 is 28.4. The molecule has 1 unspecified atom stereocenters. The minimum Gasteiger partial charge on any atom is -0.497 e. The highest BCUT2D eigenvalue weighted by Crippen LogP contribution is 2.25. The van der Waals surface area contributed by atoms with Gasteiger partial charge in [-0.05, 0) is 42.8 Å². The molecular weight excluding hydrogens is 288 g/mol. The van der Waals surface area contributed by atoms with Gasteiger partial charge in [-0.25, -0.2) is 4.21 Å². The van der Waals surface area contributed by atoms with E-state index in [2.05, 4.69) is 0 Å². The van der Waals surface area contributed by atoms with Crippen LogP contribution >= 0.6 is 0 Å². The highest BCUT2D eigenvalue weighted by molar-refractivity contribution is 7.80. The fourth-order valence-corrected chi connectivity index (χ4v) is 2.54. The van der Waals surface area contributed by atoms with Crippen molar-refractivity contribution in [3.63, 3.8) is 0 Å². The molecule has 112 valence electrons. The van der Waals surface area contributed by atoms with Gasteiger partial charge in [-0.15, -0.1) is 0 Å². The monoisotopic (exact) mass is 306 g/mol. The molecule has 4 nitrogen and oxygen atoms in total. The van der Waals surface area contributed by atoms with Crippen LogP contribution in [-0.4, -0.2) is 17.9 Å². The van der Waals surface area contributed by atoms with E-state index in [-0.39, 0.29) is 0 Å². The third kappa shape index (κ3) is 4.23. The van der Waals surface area contributed by atoms with Gasteiger partial charge in [-0.2, -0.15) is 0 Å². The molecule has 0 saturated heterocycles. The molecule has 0 fully saturated rings. The average molecular weight is 306 g/mol. The first-order chi connectivity index (χ1) is 10.2.